The van der Waals surface area contributed by atoms with Gasteiger partial charge in [-0.25, -0.2) is 0 Å². The minimum absolute atomic E-state index is 0.0839. The number of hydrogen-bond acceptors (Lipinski definition) is 2. The molecule has 0 unspecified atom stereocenters. The van der Waals surface area contributed by atoms with Crippen LogP contribution in [0, 0.1) is 0 Å². The summed E-state index contributed by atoms with van der Waals surface area (Å²) in [4.78, 5) is 23.3. The number of benzene rings is 1. The molecule has 1 aromatic rings. The number of alkyl halides is 6. The number of hydrogen-bond donors (Lipinski definition) is 2. The molecule has 10 heteroatoms. The van der Waals surface area contributed by atoms with Gasteiger partial charge in [-0.1, -0.05) is 19.8 Å². The van der Waals surface area contributed by atoms with Gasteiger partial charge in [-0.3, -0.25) is 9.59 Å². The highest BCUT2D eigenvalue weighted by Gasteiger charge is 2.37. The molecule has 1 rings (SSSR count). The van der Waals surface area contributed by atoms with Crippen LogP contribution in [0.15, 0.2) is 18.2 Å². The number of amides is 2. The van der Waals surface area contributed by atoms with Gasteiger partial charge < -0.3 is 11.1 Å². The molecule has 3 N–H and O–H groups in total. The molecule has 0 aliphatic carbocycles. The van der Waals surface area contributed by atoms with E-state index in [1.807, 2.05) is 0 Å². The van der Waals surface area contributed by atoms with Crippen LogP contribution in [0.4, 0.5) is 26.3 Å². The van der Waals surface area contributed by atoms with E-state index in [-0.39, 0.29) is 12.5 Å². The molecule has 0 aliphatic rings. The number of carbonyl (C=O) groups is 2. The van der Waals surface area contributed by atoms with Crippen LogP contribution in [-0.2, 0) is 17.1 Å². The third kappa shape index (κ3) is 5.95. The third-order valence-corrected chi connectivity index (χ3v) is 3.34. The number of rotatable bonds is 6. The number of nitrogens with one attached hydrogen (secondary N) is 1. The molecule has 1 atom stereocenters. The third-order valence-electron chi connectivity index (χ3n) is 3.34. The van der Waals surface area contributed by atoms with Crippen molar-refractivity contribution in [3.8, 4) is 0 Å². The van der Waals surface area contributed by atoms with Crippen molar-refractivity contribution in [3.05, 3.63) is 34.9 Å². The first-order valence-corrected chi connectivity index (χ1v) is 7.26. The number of unbranched alkanes of at least 4 members (excludes halogenated alkanes) is 1. The van der Waals surface area contributed by atoms with E-state index in [0.717, 1.165) is 0 Å². The molecule has 0 bridgehead atoms. The predicted octanol–water partition coefficient (Wildman–Crippen LogP) is 3.50. The van der Waals surface area contributed by atoms with Gasteiger partial charge in [-0.05, 0) is 24.6 Å². The monoisotopic (exact) mass is 370 g/mol. The van der Waals surface area contributed by atoms with Crippen LogP contribution in [0.25, 0.3) is 0 Å². The largest absolute Gasteiger partial charge is 0.416 e. The van der Waals surface area contributed by atoms with E-state index >= 15 is 0 Å². The Bertz CT molecular complexity index is 608. The molecule has 0 saturated carbocycles. The van der Waals surface area contributed by atoms with Crippen molar-refractivity contribution in [1.82, 2.24) is 5.32 Å². The van der Waals surface area contributed by atoms with Crippen molar-refractivity contribution in [2.45, 2.75) is 44.6 Å². The minimum atomic E-state index is -5.07. The fourth-order valence-corrected chi connectivity index (χ4v) is 2.02. The van der Waals surface area contributed by atoms with E-state index in [2.05, 4.69) is 5.32 Å². The number of nitrogens with two attached hydrogens (primary N) is 1. The summed E-state index contributed by atoms with van der Waals surface area (Å²) in [6.45, 7) is 1.79. The van der Waals surface area contributed by atoms with E-state index in [0.29, 0.717) is 25.0 Å². The quantitative estimate of drug-likeness (QED) is 0.753. The lowest BCUT2D eigenvalue weighted by Crippen LogP contribution is -2.44. The minimum Gasteiger partial charge on any atom is -0.368 e. The van der Waals surface area contributed by atoms with E-state index < -0.39 is 46.9 Å². The second-order valence-electron chi connectivity index (χ2n) is 5.37. The number of carbonyl (C=O) groups excluding carboxylic acids is 2. The summed E-state index contributed by atoms with van der Waals surface area (Å²) < 4.78 is 76.7. The van der Waals surface area contributed by atoms with Gasteiger partial charge in [0.15, 0.2) is 0 Å². The summed E-state index contributed by atoms with van der Waals surface area (Å²) >= 11 is 0. The number of primary amides is 1. The van der Waals surface area contributed by atoms with Crippen molar-refractivity contribution >= 4 is 11.8 Å². The highest BCUT2D eigenvalue weighted by Crippen LogP contribution is 2.36. The Labute approximate surface area is 139 Å². The van der Waals surface area contributed by atoms with Gasteiger partial charge in [0.1, 0.15) is 6.04 Å². The standard InChI is InChI=1S/C15H16F6N2O2/c1-2-3-4-11(12(22)24)23-13(25)8-5-9(14(16,17)18)7-10(6-8)15(19,20)21/h5-7,11H,2-4H2,1H3,(H2,22,24)(H,23,25)/t11-/m1/s1. The van der Waals surface area contributed by atoms with Crippen LogP contribution in [-0.4, -0.2) is 17.9 Å². The van der Waals surface area contributed by atoms with Gasteiger partial charge in [0.05, 0.1) is 11.1 Å². The Balaban J connectivity index is 3.21. The molecule has 0 spiro atoms. The fraction of sp³-hybridized carbons (Fsp3) is 0.467. The molecule has 0 saturated heterocycles. The second kappa shape index (κ2) is 7.75. The van der Waals surface area contributed by atoms with Crippen LogP contribution in [0.5, 0.6) is 0 Å². The Morgan fingerprint density at radius 3 is 1.88 bits per heavy atom. The van der Waals surface area contributed by atoms with Gasteiger partial charge in [0, 0.05) is 5.56 Å². The van der Waals surface area contributed by atoms with Crippen molar-refractivity contribution < 1.29 is 35.9 Å². The Morgan fingerprint density at radius 1 is 1.04 bits per heavy atom. The summed E-state index contributed by atoms with van der Waals surface area (Å²) in [7, 11) is 0. The average Bonchev–Trinajstić information content (AvgIpc) is 2.48. The molecular weight excluding hydrogens is 354 g/mol. The van der Waals surface area contributed by atoms with E-state index in [4.69, 9.17) is 5.73 Å². The maximum Gasteiger partial charge on any atom is 0.416 e. The summed E-state index contributed by atoms with van der Waals surface area (Å²) in [5.41, 5.74) is 1.00. The van der Waals surface area contributed by atoms with E-state index in [1.165, 1.54) is 0 Å². The topological polar surface area (TPSA) is 72.2 Å². The van der Waals surface area contributed by atoms with Crippen molar-refractivity contribution in [1.29, 1.82) is 0 Å². The molecule has 1 aromatic carbocycles. The lowest BCUT2D eigenvalue weighted by Gasteiger charge is -2.17. The Kier molecular flexibility index (Phi) is 6.44. The highest BCUT2D eigenvalue weighted by atomic mass is 19.4. The lowest BCUT2D eigenvalue weighted by molar-refractivity contribution is -0.143. The zero-order valence-electron chi connectivity index (χ0n) is 13.1. The van der Waals surface area contributed by atoms with Crippen molar-refractivity contribution in [2.24, 2.45) is 5.73 Å². The smallest absolute Gasteiger partial charge is 0.368 e. The molecule has 0 aliphatic heterocycles. The average molecular weight is 370 g/mol. The van der Waals surface area contributed by atoms with Crippen LogP contribution < -0.4 is 11.1 Å². The Hall–Kier alpha value is -2.26. The first-order chi connectivity index (χ1) is 11.4. The maximum absolute atomic E-state index is 12.8. The normalized spacial score (nSPS) is 13.4. The van der Waals surface area contributed by atoms with Gasteiger partial charge >= 0.3 is 12.4 Å². The predicted molar refractivity (Wildman–Crippen MR) is 76.4 cm³/mol. The summed E-state index contributed by atoms with van der Waals surface area (Å²) in [6, 6.07) is -0.680. The number of halogens is 6. The molecule has 140 valence electrons. The van der Waals surface area contributed by atoms with Gasteiger partial charge in [0.2, 0.25) is 5.91 Å². The zero-order chi connectivity index (χ0) is 19.4. The molecule has 4 nitrogen and oxygen atoms in total. The first-order valence-electron chi connectivity index (χ1n) is 7.26. The lowest BCUT2D eigenvalue weighted by atomic mass is 10.0. The van der Waals surface area contributed by atoms with E-state index in [9.17, 15) is 35.9 Å². The van der Waals surface area contributed by atoms with Gasteiger partial charge in [-0.2, -0.15) is 26.3 Å². The maximum atomic E-state index is 12.8. The van der Waals surface area contributed by atoms with Gasteiger partial charge in [-0.15, -0.1) is 0 Å². The summed E-state index contributed by atoms with van der Waals surface area (Å²) in [5, 5.41) is 2.08. The highest BCUT2D eigenvalue weighted by molar-refractivity contribution is 5.97. The molecule has 2 amide bonds. The SMILES string of the molecule is CCCC[C@@H](NC(=O)c1cc(C(F)(F)F)cc(C(F)(F)F)c1)C(N)=O. The summed E-state index contributed by atoms with van der Waals surface area (Å²) in [6.07, 6.45) is -8.86. The molecule has 0 heterocycles. The van der Waals surface area contributed by atoms with Gasteiger partial charge in [0.25, 0.3) is 5.91 Å². The Morgan fingerprint density at radius 2 is 1.52 bits per heavy atom. The van der Waals surface area contributed by atoms with Crippen LogP contribution in [0.3, 0.4) is 0 Å². The van der Waals surface area contributed by atoms with Crippen molar-refractivity contribution in [3.63, 3.8) is 0 Å². The van der Waals surface area contributed by atoms with E-state index in [1.54, 1.807) is 6.92 Å². The van der Waals surface area contributed by atoms with Crippen LogP contribution in [0.1, 0.15) is 47.7 Å². The molecule has 0 fully saturated rings. The molecule has 0 aromatic heterocycles. The van der Waals surface area contributed by atoms with Crippen molar-refractivity contribution in [2.75, 3.05) is 0 Å². The molecule has 0 radical (unpaired) electrons. The molecule has 25 heavy (non-hydrogen) atoms. The summed E-state index contributed by atoms with van der Waals surface area (Å²) in [5.74, 6) is -2.17. The zero-order valence-corrected chi connectivity index (χ0v) is 13.1. The molecular formula is C15H16F6N2O2. The fourth-order valence-electron chi connectivity index (χ4n) is 2.02. The van der Waals surface area contributed by atoms with Crippen LogP contribution >= 0.6 is 0 Å². The second-order valence-corrected chi connectivity index (χ2v) is 5.37. The van der Waals surface area contributed by atoms with Crippen LogP contribution in [0.2, 0.25) is 0 Å². The first kappa shape index (κ1) is 20.8.